The minimum atomic E-state index is -1.05. The van der Waals surface area contributed by atoms with Crippen molar-refractivity contribution in [3.05, 3.63) is 47.5 Å². The van der Waals surface area contributed by atoms with Crippen LogP contribution in [0.4, 0.5) is 22.1 Å². The standard InChI is InChI=1S/C26H29N7O4/c1-6-32-18-10-8-7-9-17(18)29-22(32)16(13-27)21-15(2)14-28-24(30-21)31-23(35)19-11-12-20(34)33(19)25(36)37-26(3,4)5/h7-10,14,19,29H,6,11-12H2,1-5H3,(H,28,30,31,35)/b22-16+/t19-/m0/s1. The number of likely N-dealkylation sites (tertiary alicyclic amines) is 1. The third kappa shape index (κ3) is 5.09. The fourth-order valence-corrected chi connectivity index (χ4v) is 4.30. The van der Waals surface area contributed by atoms with Gasteiger partial charge in [-0.1, -0.05) is 12.1 Å². The van der Waals surface area contributed by atoms with Gasteiger partial charge < -0.3 is 15.0 Å². The van der Waals surface area contributed by atoms with E-state index in [1.165, 1.54) is 6.20 Å². The summed E-state index contributed by atoms with van der Waals surface area (Å²) >= 11 is 0. The Hall–Kier alpha value is -4.46. The lowest BCUT2D eigenvalue weighted by atomic mass is 10.1. The fraction of sp³-hybridized carbons (Fsp3) is 0.385. The number of benzene rings is 1. The van der Waals surface area contributed by atoms with Crippen molar-refractivity contribution in [1.29, 1.82) is 5.26 Å². The molecular weight excluding hydrogens is 474 g/mol. The van der Waals surface area contributed by atoms with E-state index in [2.05, 4.69) is 26.7 Å². The molecule has 3 heterocycles. The minimum absolute atomic E-state index is 0.0407. The zero-order valence-electron chi connectivity index (χ0n) is 21.5. The van der Waals surface area contributed by atoms with Crippen LogP contribution in [0.15, 0.2) is 36.3 Å². The molecule has 2 aliphatic rings. The van der Waals surface area contributed by atoms with Crippen molar-refractivity contribution in [1.82, 2.24) is 14.9 Å². The maximum absolute atomic E-state index is 13.1. The maximum Gasteiger partial charge on any atom is 0.417 e. The van der Waals surface area contributed by atoms with E-state index in [0.717, 1.165) is 16.3 Å². The van der Waals surface area contributed by atoms with Crippen molar-refractivity contribution in [3.8, 4) is 6.07 Å². The van der Waals surface area contributed by atoms with Crippen LogP contribution in [-0.4, -0.2) is 51.0 Å². The number of rotatable bonds is 4. The molecule has 192 valence electrons. The highest BCUT2D eigenvalue weighted by Gasteiger charge is 2.42. The first-order chi connectivity index (χ1) is 17.5. The Morgan fingerprint density at radius 3 is 2.70 bits per heavy atom. The second-order valence-electron chi connectivity index (χ2n) is 9.73. The number of amides is 3. The number of imide groups is 1. The molecule has 2 N–H and O–H groups in total. The van der Waals surface area contributed by atoms with Crippen molar-refractivity contribution in [3.63, 3.8) is 0 Å². The van der Waals surface area contributed by atoms with Crippen molar-refractivity contribution < 1.29 is 19.1 Å². The lowest BCUT2D eigenvalue weighted by Gasteiger charge is -2.26. The number of allylic oxidation sites excluding steroid dienone is 1. The molecular formula is C26H29N7O4. The summed E-state index contributed by atoms with van der Waals surface area (Å²) in [5.74, 6) is -0.550. The van der Waals surface area contributed by atoms with Gasteiger partial charge in [0.25, 0.3) is 0 Å². The zero-order valence-corrected chi connectivity index (χ0v) is 21.5. The number of nitrogens with one attached hydrogen (secondary N) is 2. The summed E-state index contributed by atoms with van der Waals surface area (Å²) < 4.78 is 5.31. The lowest BCUT2D eigenvalue weighted by molar-refractivity contribution is -0.132. The summed E-state index contributed by atoms with van der Waals surface area (Å²) in [6.07, 6.45) is 0.841. The van der Waals surface area contributed by atoms with Crippen LogP contribution < -0.4 is 15.5 Å². The molecule has 4 rings (SSSR count). The third-order valence-electron chi connectivity index (χ3n) is 5.93. The second kappa shape index (κ2) is 9.89. The van der Waals surface area contributed by atoms with Gasteiger partial charge in [-0.2, -0.15) is 5.26 Å². The summed E-state index contributed by atoms with van der Waals surface area (Å²) in [6, 6.07) is 8.92. The number of aromatic nitrogens is 2. The van der Waals surface area contributed by atoms with Crippen LogP contribution in [0.25, 0.3) is 5.57 Å². The Balaban J connectivity index is 1.62. The first-order valence-corrected chi connectivity index (χ1v) is 12.0. The molecule has 2 aliphatic heterocycles. The molecule has 2 aromatic rings. The van der Waals surface area contributed by atoms with Crippen molar-refractivity contribution >= 4 is 40.8 Å². The number of hydrogen-bond donors (Lipinski definition) is 2. The molecule has 1 fully saturated rings. The first-order valence-electron chi connectivity index (χ1n) is 12.0. The number of fused-ring (bicyclic) bond motifs is 1. The molecule has 0 aliphatic carbocycles. The number of carbonyl (C=O) groups is 3. The van der Waals surface area contributed by atoms with Gasteiger partial charge in [-0.3, -0.25) is 14.9 Å². The largest absolute Gasteiger partial charge is 0.443 e. The van der Waals surface area contributed by atoms with Gasteiger partial charge in [0, 0.05) is 19.2 Å². The van der Waals surface area contributed by atoms with E-state index in [0.29, 0.717) is 29.2 Å². The van der Waals surface area contributed by atoms with E-state index in [-0.39, 0.29) is 18.8 Å². The molecule has 1 aromatic heterocycles. The molecule has 1 saturated heterocycles. The molecule has 0 radical (unpaired) electrons. The number of nitriles is 1. The molecule has 11 nitrogen and oxygen atoms in total. The van der Waals surface area contributed by atoms with Gasteiger partial charge in [0.2, 0.25) is 17.8 Å². The molecule has 1 atom stereocenters. The summed E-state index contributed by atoms with van der Waals surface area (Å²) in [7, 11) is 0. The Morgan fingerprint density at radius 2 is 2.03 bits per heavy atom. The predicted octanol–water partition coefficient (Wildman–Crippen LogP) is 3.79. The predicted molar refractivity (Wildman–Crippen MR) is 137 cm³/mol. The van der Waals surface area contributed by atoms with Crippen molar-refractivity contribution in [2.45, 2.75) is 59.1 Å². The highest BCUT2D eigenvalue weighted by molar-refractivity contribution is 6.04. The number of aryl methyl sites for hydroxylation is 1. The smallest absolute Gasteiger partial charge is 0.417 e. The average Bonchev–Trinajstić information content (AvgIpc) is 3.40. The summed E-state index contributed by atoms with van der Waals surface area (Å²) in [6.45, 7) is 9.42. The van der Waals surface area contributed by atoms with Crippen LogP contribution >= 0.6 is 0 Å². The zero-order chi connectivity index (χ0) is 26.9. The summed E-state index contributed by atoms with van der Waals surface area (Å²) in [5, 5.41) is 16.0. The Bertz CT molecular complexity index is 1340. The number of para-hydroxylation sites is 2. The molecule has 0 bridgehead atoms. The Kier molecular flexibility index (Phi) is 6.85. The molecule has 0 unspecified atom stereocenters. The summed E-state index contributed by atoms with van der Waals surface area (Å²) in [4.78, 5) is 49.5. The molecule has 11 heteroatoms. The Labute approximate surface area is 215 Å². The molecule has 0 spiro atoms. The molecule has 3 amide bonds. The van der Waals surface area contributed by atoms with Crippen molar-refractivity contribution in [2.75, 3.05) is 22.1 Å². The minimum Gasteiger partial charge on any atom is -0.443 e. The van der Waals surface area contributed by atoms with Gasteiger partial charge in [-0.05, 0) is 58.7 Å². The number of carbonyl (C=O) groups excluding carboxylic acids is 3. The van der Waals surface area contributed by atoms with Crippen molar-refractivity contribution in [2.24, 2.45) is 0 Å². The fourth-order valence-electron chi connectivity index (χ4n) is 4.30. The Morgan fingerprint density at radius 1 is 1.30 bits per heavy atom. The van der Waals surface area contributed by atoms with E-state index in [4.69, 9.17) is 4.74 Å². The second-order valence-corrected chi connectivity index (χ2v) is 9.73. The van der Waals surface area contributed by atoms with E-state index >= 15 is 0 Å². The lowest BCUT2D eigenvalue weighted by Crippen LogP contribution is -2.47. The number of nitrogens with zero attached hydrogens (tertiary/aromatic N) is 5. The van der Waals surface area contributed by atoms with Gasteiger partial charge in [0.05, 0.1) is 17.1 Å². The van der Waals surface area contributed by atoms with Gasteiger partial charge >= 0.3 is 6.09 Å². The third-order valence-corrected chi connectivity index (χ3v) is 5.93. The van der Waals surface area contributed by atoms with Crippen LogP contribution in [0.1, 0.15) is 51.8 Å². The van der Waals surface area contributed by atoms with Gasteiger partial charge in [-0.25, -0.2) is 19.7 Å². The SMILES string of the molecule is CCN1/C(=C(\C#N)c2nc(NC(=O)[C@@H]3CCC(=O)N3C(=O)OC(C)(C)C)ncc2C)Nc2ccccc21. The average molecular weight is 504 g/mol. The van der Waals surface area contributed by atoms with Gasteiger partial charge in [-0.15, -0.1) is 0 Å². The molecule has 37 heavy (non-hydrogen) atoms. The number of ether oxygens (including phenoxy) is 1. The normalized spacial score (nSPS) is 18.2. The van der Waals surface area contributed by atoms with Crippen LogP contribution in [0.3, 0.4) is 0 Å². The van der Waals surface area contributed by atoms with E-state index < -0.39 is 29.6 Å². The number of anilines is 3. The van der Waals surface area contributed by atoms with E-state index in [1.807, 2.05) is 36.1 Å². The van der Waals surface area contributed by atoms with Gasteiger partial charge in [0.1, 0.15) is 29.1 Å². The van der Waals surface area contributed by atoms with Crippen LogP contribution in [0, 0.1) is 18.3 Å². The van der Waals surface area contributed by atoms with E-state index in [9.17, 15) is 19.6 Å². The van der Waals surface area contributed by atoms with Crippen LogP contribution in [0.2, 0.25) is 0 Å². The topological polar surface area (TPSA) is 141 Å². The highest BCUT2D eigenvalue weighted by Crippen LogP contribution is 2.39. The quantitative estimate of drug-likeness (QED) is 0.596. The molecule has 0 saturated carbocycles. The van der Waals surface area contributed by atoms with E-state index in [1.54, 1.807) is 27.7 Å². The summed E-state index contributed by atoms with van der Waals surface area (Å²) in [5.41, 5.74) is 2.29. The highest BCUT2D eigenvalue weighted by atomic mass is 16.6. The maximum atomic E-state index is 13.1. The molecule has 1 aromatic carbocycles. The van der Waals surface area contributed by atoms with Crippen LogP contribution in [-0.2, 0) is 14.3 Å². The monoisotopic (exact) mass is 503 g/mol. The van der Waals surface area contributed by atoms with Crippen LogP contribution in [0.5, 0.6) is 0 Å². The van der Waals surface area contributed by atoms with Gasteiger partial charge in [0.15, 0.2) is 0 Å². The first kappa shape index (κ1) is 25.6. The number of hydrogen-bond acceptors (Lipinski definition) is 9.